The summed E-state index contributed by atoms with van der Waals surface area (Å²) in [5.41, 5.74) is -0.0515. The number of nitrogens with one attached hydrogen (secondary N) is 1. The second-order valence-corrected chi connectivity index (χ2v) is 6.38. The minimum absolute atomic E-state index is 0.0135. The summed E-state index contributed by atoms with van der Waals surface area (Å²) in [7, 11) is -3.64. The molecule has 0 atom stereocenters. The maximum Gasteiger partial charge on any atom is 0.335 e. The van der Waals surface area contributed by atoms with Crippen LogP contribution in [0, 0.1) is 0 Å². The first kappa shape index (κ1) is 12.5. The van der Waals surface area contributed by atoms with Gasteiger partial charge in [-0.25, -0.2) is 17.9 Å². The molecule has 0 saturated heterocycles. The van der Waals surface area contributed by atoms with Gasteiger partial charge in [-0.15, -0.1) is 0 Å². The Balaban J connectivity index is 2.42. The molecule has 0 unspecified atom stereocenters. The Bertz CT molecular complexity index is 566. The lowest BCUT2D eigenvalue weighted by Crippen LogP contribution is -2.26. The number of carboxylic acids is 1. The molecule has 1 aliphatic rings. The van der Waals surface area contributed by atoms with Crippen LogP contribution < -0.4 is 4.72 Å². The van der Waals surface area contributed by atoms with Crippen LogP contribution in [0.2, 0.25) is 0 Å². The Morgan fingerprint density at radius 3 is 2.59 bits per heavy atom. The van der Waals surface area contributed by atoms with Crippen LogP contribution in [0.15, 0.2) is 27.6 Å². The zero-order valence-corrected chi connectivity index (χ0v) is 11.1. The van der Waals surface area contributed by atoms with E-state index in [0.717, 1.165) is 18.9 Å². The zero-order chi connectivity index (χ0) is 12.6. The van der Waals surface area contributed by atoms with Crippen LogP contribution in [-0.4, -0.2) is 25.5 Å². The van der Waals surface area contributed by atoms with Gasteiger partial charge < -0.3 is 5.11 Å². The number of hydrogen-bond donors (Lipinski definition) is 2. The second-order valence-electron chi connectivity index (χ2n) is 3.85. The van der Waals surface area contributed by atoms with Crippen molar-refractivity contribution in [2.75, 3.05) is 0 Å². The maximum atomic E-state index is 11.9. The largest absolute Gasteiger partial charge is 0.478 e. The monoisotopic (exact) mass is 319 g/mol. The van der Waals surface area contributed by atoms with E-state index in [-0.39, 0.29) is 16.5 Å². The number of benzene rings is 1. The van der Waals surface area contributed by atoms with Crippen LogP contribution in [0.5, 0.6) is 0 Å². The predicted octanol–water partition coefficient (Wildman–Crippen LogP) is 1.59. The third kappa shape index (κ3) is 2.85. The molecule has 17 heavy (non-hydrogen) atoms. The van der Waals surface area contributed by atoms with Crippen LogP contribution in [0.4, 0.5) is 0 Å². The van der Waals surface area contributed by atoms with Crippen molar-refractivity contribution < 1.29 is 18.3 Å². The smallest absolute Gasteiger partial charge is 0.335 e. The summed E-state index contributed by atoms with van der Waals surface area (Å²) < 4.78 is 26.7. The SMILES string of the molecule is O=C(O)c1ccc(Br)c(S(=O)(=O)NC2CC2)c1. The summed E-state index contributed by atoms with van der Waals surface area (Å²) >= 11 is 3.11. The van der Waals surface area contributed by atoms with Crippen LogP contribution in [-0.2, 0) is 10.0 Å². The van der Waals surface area contributed by atoms with Gasteiger partial charge in [0.1, 0.15) is 0 Å². The molecule has 1 fully saturated rings. The lowest BCUT2D eigenvalue weighted by atomic mass is 10.2. The molecule has 1 aromatic carbocycles. The topological polar surface area (TPSA) is 83.5 Å². The minimum Gasteiger partial charge on any atom is -0.478 e. The number of rotatable bonds is 4. The molecule has 1 aromatic rings. The third-order valence-corrected chi connectivity index (χ3v) is 4.88. The van der Waals surface area contributed by atoms with Crippen LogP contribution in [0.1, 0.15) is 23.2 Å². The fraction of sp³-hybridized carbons (Fsp3) is 0.300. The van der Waals surface area contributed by atoms with Gasteiger partial charge in [0, 0.05) is 10.5 Å². The second kappa shape index (κ2) is 4.40. The zero-order valence-electron chi connectivity index (χ0n) is 8.68. The molecule has 92 valence electrons. The molecule has 2 rings (SSSR count). The standard InChI is InChI=1S/C10H10BrNO4S/c11-8-4-1-6(10(13)14)5-9(8)17(15,16)12-7-2-3-7/h1,4-5,7,12H,2-3H2,(H,13,14). The molecular formula is C10H10BrNO4S. The van der Waals surface area contributed by atoms with E-state index in [9.17, 15) is 13.2 Å². The lowest BCUT2D eigenvalue weighted by molar-refractivity contribution is 0.0696. The van der Waals surface area contributed by atoms with Crippen molar-refractivity contribution in [3.05, 3.63) is 28.2 Å². The summed E-state index contributed by atoms with van der Waals surface area (Å²) in [6.07, 6.45) is 1.66. The third-order valence-electron chi connectivity index (χ3n) is 2.37. The number of carbonyl (C=O) groups is 1. The van der Waals surface area contributed by atoms with Crippen molar-refractivity contribution >= 4 is 31.9 Å². The van der Waals surface area contributed by atoms with E-state index < -0.39 is 16.0 Å². The molecule has 0 aliphatic heterocycles. The van der Waals surface area contributed by atoms with Gasteiger partial charge in [0.15, 0.2) is 0 Å². The number of hydrogen-bond acceptors (Lipinski definition) is 3. The van der Waals surface area contributed by atoms with Crippen LogP contribution >= 0.6 is 15.9 Å². The molecule has 1 aliphatic carbocycles. The van der Waals surface area contributed by atoms with E-state index in [1.165, 1.54) is 12.1 Å². The Labute approximate surface area is 107 Å². The maximum absolute atomic E-state index is 11.9. The van der Waals surface area contributed by atoms with E-state index in [4.69, 9.17) is 5.11 Å². The van der Waals surface area contributed by atoms with Gasteiger partial charge in [0.05, 0.1) is 10.5 Å². The summed E-state index contributed by atoms with van der Waals surface area (Å²) in [6, 6.07) is 3.91. The van der Waals surface area contributed by atoms with Gasteiger partial charge in [-0.3, -0.25) is 0 Å². The quantitative estimate of drug-likeness (QED) is 0.882. The summed E-state index contributed by atoms with van der Waals surface area (Å²) in [5.74, 6) is -1.15. The van der Waals surface area contributed by atoms with Crippen molar-refractivity contribution in [2.45, 2.75) is 23.8 Å². The number of sulfonamides is 1. The number of aromatic carboxylic acids is 1. The van der Waals surface area contributed by atoms with E-state index in [1.54, 1.807) is 0 Å². The summed E-state index contributed by atoms with van der Waals surface area (Å²) in [5, 5.41) is 8.83. The van der Waals surface area contributed by atoms with Gasteiger partial charge in [-0.1, -0.05) is 0 Å². The first-order chi connectivity index (χ1) is 7.90. The Hall–Kier alpha value is -0.920. The van der Waals surface area contributed by atoms with Crippen LogP contribution in [0.25, 0.3) is 0 Å². The van der Waals surface area contributed by atoms with E-state index >= 15 is 0 Å². The normalized spacial score (nSPS) is 15.8. The van der Waals surface area contributed by atoms with Gasteiger partial charge in [-0.05, 0) is 47.0 Å². The molecule has 0 heterocycles. The molecule has 0 spiro atoms. The highest BCUT2D eigenvalue weighted by Crippen LogP contribution is 2.27. The molecule has 1 saturated carbocycles. The highest BCUT2D eigenvalue weighted by Gasteiger charge is 2.29. The van der Waals surface area contributed by atoms with E-state index in [0.29, 0.717) is 4.47 Å². The minimum atomic E-state index is -3.64. The highest BCUT2D eigenvalue weighted by atomic mass is 79.9. The first-order valence-corrected chi connectivity index (χ1v) is 7.23. The fourth-order valence-corrected chi connectivity index (χ4v) is 3.62. The van der Waals surface area contributed by atoms with Gasteiger partial charge >= 0.3 is 5.97 Å². The molecular weight excluding hydrogens is 310 g/mol. The van der Waals surface area contributed by atoms with Gasteiger partial charge in [0.2, 0.25) is 10.0 Å². The van der Waals surface area contributed by atoms with Crippen molar-refractivity contribution in [1.29, 1.82) is 0 Å². The Kier molecular flexibility index (Phi) is 3.24. The van der Waals surface area contributed by atoms with Gasteiger partial charge in [-0.2, -0.15) is 0 Å². The molecule has 2 N–H and O–H groups in total. The molecule has 7 heteroatoms. The highest BCUT2D eigenvalue weighted by molar-refractivity contribution is 9.10. The van der Waals surface area contributed by atoms with E-state index in [1.807, 2.05) is 0 Å². The molecule has 0 bridgehead atoms. The molecule has 5 nitrogen and oxygen atoms in total. The molecule has 0 aromatic heterocycles. The summed E-state index contributed by atoms with van der Waals surface area (Å²) in [6.45, 7) is 0. The molecule has 0 radical (unpaired) electrons. The van der Waals surface area contributed by atoms with Crippen molar-refractivity contribution in [3.63, 3.8) is 0 Å². The fourth-order valence-electron chi connectivity index (χ4n) is 1.33. The number of halogens is 1. The average molecular weight is 320 g/mol. The Morgan fingerprint density at radius 1 is 1.41 bits per heavy atom. The van der Waals surface area contributed by atoms with Crippen molar-refractivity contribution in [1.82, 2.24) is 4.72 Å². The Morgan fingerprint density at radius 2 is 2.06 bits per heavy atom. The number of carboxylic acid groups (broad SMARTS) is 1. The predicted molar refractivity (Wildman–Crippen MR) is 64.4 cm³/mol. The molecule has 0 amide bonds. The van der Waals surface area contributed by atoms with Crippen LogP contribution in [0.3, 0.4) is 0 Å². The van der Waals surface area contributed by atoms with Gasteiger partial charge in [0.25, 0.3) is 0 Å². The van der Waals surface area contributed by atoms with E-state index in [2.05, 4.69) is 20.7 Å². The lowest BCUT2D eigenvalue weighted by Gasteiger charge is -2.08. The average Bonchev–Trinajstić information content (AvgIpc) is 3.00. The first-order valence-electron chi connectivity index (χ1n) is 4.95. The van der Waals surface area contributed by atoms with Crippen molar-refractivity contribution in [3.8, 4) is 0 Å². The summed E-state index contributed by atoms with van der Waals surface area (Å²) in [4.78, 5) is 10.8. The van der Waals surface area contributed by atoms with Crippen molar-refractivity contribution in [2.24, 2.45) is 0 Å².